The fourth-order valence-electron chi connectivity index (χ4n) is 3.01. The van der Waals surface area contributed by atoms with Gasteiger partial charge in [0.05, 0.1) is 0 Å². The Balaban J connectivity index is 1.96. The Bertz CT molecular complexity index is 451. The van der Waals surface area contributed by atoms with Crippen LogP contribution in [0.3, 0.4) is 0 Å². The molecule has 2 aliphatic rings. The molecule has 0 aromatic heterocycles. The molecule has 0 radical (unpaired) electrons. The standard InChI is InChI=1S/C16H26N4O2/c1-2-3-4-5-6-9-13-14(19-17)12-18-20(16(13)21)15-10-7-8-11-22-15/h12-13,15H,2-11H2,1H3. The zero-order chi connectivity index (χ0) is 15.8. The lowest BCUT2D eigenvalue weighted by molar-refractivity contribution is -0.155. The van der Waals surface area contributed by atoms with Gasteiger partial charge in [-0.2, -0.15) is 9.89 Å². The maximum Gasteiger partial charge on any atom is 0.324 e. The summed E-state index contributed by atoms with van der Waals surface area (Å²) in [6.45, 7) is 2.85. The summed E-state index contributed by atoms with van der Waals surface area (Å²) in [5.74, 6) is -0.493. The summed E-state index contributed by atoms with van der Waals surface area (Å²) in [4.78, 5) is 15.9. The van der Waals surface area contributed by atoms with Gasteiger partial charge in [0.25, 0.3) is 5.91 Å². The topological polar surface area (TPSA) is 78.3 Å². The molecular formula is C16H26N4O2. The Labute approximate surface area is 132 Å². The average molecular weight is 306 g/mol. The molecule has 0 spiro atoms. The van der Waals surface area contributed by atoms with E-state index in [2.05, 4.69) is 16.8 Å². The monoisotopic (exact) mass is 306 g/mol. The third-order valence-electron chi connectivity index (χ3n) is 4.34. The molecule has 2 atom stereocenters. The van der Waals surface area contributed by atoms with Crippen LogP contribution >= 0.6 is 0 Å². The Morgan fingerprint density at radius 1 is 1.36 bits per heavy atom. The molecule has 1 saturated heterocycles. The zero-order valence-electron chi connectivity index (χ0n) is 13.4. The van der Waals surface area contributed by atoms with Crippen LogP contribution in [0.2, 0.25) is 0 Å². The van der Waals surface area contributed by atoms with Crippen LogP contribution in [0.5, 0.6) is 0 Å². The second-order valence-electron chi connectivity index (χ2n) is 6.03. The van der Waals surface area contributed by atoms with Gasteiger partial charge in [-0.25, -0.2) is 5.01 Å². The van der Waals surface area contributed by atoms with E-state index in [1.165, 1.54) is 30.5 Å². The van der Waals surface area contributed by atoms with Crippen LogP contribution < -0.4 is 0 Å². The summed E-state index contributed by atoms with van der Waals surface area (Å²) in [7, 11) is 0. The molecule has 2 heterocycles. The Morgan fingerprint density at radius 2 is 2.18 bits per heavy atom. The second-order valence-corrected chi connectivity index (χ2v) is 6.03. The summed E-state index contributed by atoms with van der Waals surface area (Å²) in [5, 5.41) is 5.59. The number of rotatable bonds is 7. The molecule has 2 unspecified atom stereocenters. The van der Waals surface area contributed by atoms with Crippen molar-refractivity contribution in [3.8, 4) is 0 Å². The fraction of sp³-hybridized carbons (Fsp3) is 0.812. The van der Waals surface area contributed by atoms with Crippen molar-refractivity contribution >= 4 is 17.8 Å². The molecule has 0 aromatic carbocycles. The van der Waals surface area contributed by atoms with Gasteiger partial charge in [-0.05, 0) is 25.7 Å². The predicted octanol–water partition coefficient (Wildman–Crippen LogP) is 2.99. The number of carbonyl (C=O) groups is 1. The maximum atomic E-state index is 12.7. The Kier molecular flexibility index (Phi) is 6.74. The molecule has 1 fully saturated rings. The molecule has 2 rings (SSSR count). The number of amides is 1. The van der Waals surface area contributed by atoms with Gasteiger partial charge in [-0.15, -0.1) is 0 Å². The van der Waals surface area contributed by atoms with E-state index in [0.717, 1.165) is 32.1 Å². The highest BCUT2D eigenvalue weighted by atomic mass is 16.5. The largest absolute Gasteiger partial charge is 0.361 e. The van der Waals surface area contributed by atoms with E-state index in [4.69, 9.17) is 10.3 Å². The number of nitrogens with zero attached hydrogens (tertiary/aromatic N) is 4. The van der Waals surface area contributed by atoms with Crippen molar-refractivity contribution in [2.75, 3.05) is 6.61 Å². The van der Waals surface area contributed by atoms with E-state index >= 15 is 0 Å². The number of hydrazone groups is 1. The molecule has 0 N–H and O–H groups in total. The van der Waals surface area contributed by atoms with Gasteiger partial charge in [0.1, 0.15) is 12.1 Å². The summed E-state index contributed by atoms with van der Waals surface area (Å²) >= 11 is 0. The first-order valence-electron chi connectivity index (χ1n) is 8.48. The van der Waals surface area contributed by atoms with Gasteiger partial charge in [0, 0.05) is 6.61 Å². The van der Waals surface area contributed by atoms with E-state index in [1.807, 2.05) is 0 Å². The van der Waals surface area contributed by atoms with Crippen LogP contribution in [0.1, 0.15) is 64.7 Å². The van der Waals surface area contributed by atoms with Gasteiger partial charge in [0.15, 0.2) is 6.23 Å². The Morgan fingerprint density at radius 3 is 2.86 bits per heavy atom. The number of hydrogen-bond donors (Lipinski definition) is 0. The third kappa shape index (κ3) is 4.24. The fourth-order valence-corrected chi connectivity index (χ4v) is 3.01. The summed E-state index contributed by atoms with van der Waals surface area (Å²) in [6, 6.07) is 0. The SMILES string of the molecule is CCCCCCCC1C(=O)N(C2CCCCO2)N=CC1=[N+]=[N-]. The van der Waals surface area contributed by atoms with Crippen LogP contribution in [-0.4, -0.2) is 40.5 Å². The van der Waals surface area contributed by atoms with Gasteiger partial charge in [0.2, 0.25) is 0 Å². The second kappa shape index (κ2) is 8.81. The molecular weight excluding hydrogens is 280 g/mol. The summed E-state index contributed by atoms with van der Waals surface area (Å²) in [5.41, 5.74) is 9.48. The maximum absolute atomic E-state index is 12.7. The number of carbonyl (C=O) groups excluding carboxylic acids is 1. The van der Waals surface area contributed by atoms with Gasteiger partial charge in [-0.3, -0.25) is 4.79 Å². The highest BCUT2D eigenvalue weighted by Gasteiger charge is 2.40. The summed E-state index contributed by atoms with van der Waals surface area (Å²) < 4.78 is 5.65. The smallest absolute Gasteiger partial charge is 0.324 e. The first-order chi connectivity index (χ1) is 10.8. The predicted molar refractivity (Wildman–Crippen MR) is 84.4 cm³/mol. The van der Waals surface area contributed by atoms with Crippen LogP contribution in [0.25, 0.3) is 5.53 Å². The number of hydrogen-bond acceptors (Lipinski definition) is 3. The number of unbranched alkanes of at least 4 members (excludes halogenated alkanes) is 4. The summed E-state index contributed by atoms with van der Waals surface area (Å²) in [6.07, 6.45) is 10.5. The number of ether oxygens (including phenoxy) is 1. The minimum atomic E-state index is -0.394. The van der Waals surface area contributed by atoms with Crippen molar-refractivity contribution in [3.63, 3.8) is 0 Å². The van der Waals surface area contributed by atoms with Crippen molar-refractivity contribution in [2.45, 2.75) is 70.9 Å². The van der Waals surface area contributed by atoms with Crippen molar-refractivity contribution in [1.29, 1.82) is 0 Å². The molecule has 6 nitrogen and oxygen atoms in total. The van der Waals surface area contributed by atoms with E-state index in [1.54, 1.807) is 0 Å². The Hall–Kier alpha value is -1.52. The van der Waals surface area contributed by atoms with Gasteiger partial charge < -0.3 is 10.3 Å². The molecule has 2 aliphatic heterocycles. The minimum absolute atomic E-state index is 0.0994. The highest BCUT2D eigenvalue weighted by Crippen LogP contribution is 2.24. The first kappa shape index (κ1) is 16.8. The van der Waals surface area contributed by atoms with Crippen LogP contribution in [-0.2, 0) is 9.53 Å². The molecule has 0 aliphatic carbocycles. The van der Waals surface area contributed by atoms with E-state index in [-0.39, 0.29) is 12.1 Å². The van der Waals surface area contributed by atoms with Crippen LogP contribution in [0.4, 0.5) is 0 Å². The normalized spacial score (nSPS) is 25.4. The molecule has 22 heavy (non-hydrogen) atoms. The molecule has 6 heteroatoms. The zero-order valence-corrected chi connectivity index (χ0v) is 13.4. The average Bonchev–Trinajstić information content (AvgIpc) is 2.56. The van der Waals surface area contributed by atoms with Crippen LogP contribution in [0, 0.1) is 5.92 Å². The van der Waals surface area contributed by atoms with Crippen molar-refractivity contribution in [2.24, 2.45) is 11.0 Å². The van der Waals surface area contributed by atoms with Gasteiger partial charge >= 0.3 is 5.71 Å². The van der Waals surface area contributed by atoms with E-state index < -0.39 is 5.92 Å². The molecule has 0 bridgehead atoms. The third-order valence-corrected chi connectivity index (χ3v) is 4.34. The lowest BCUT2D eigenvalue weighted by atomic mass is 9.93. The van der Waals surface area contributed by atoms with E-state index in [9.17, 15) is 4.79 Å². The van der Waals surface area contributed by atoms with Crippen molar-refractivity contribution in [3.05, 3.63) is 5.53 Å². The molecule has 0 saturated carbocycles. The van der Waals surface area contributed by atoms with E-state index in [0.29, 0.717) is 18.7 Å². The molecule has 1 amide bonds. The van der Waals surface area contributed by atoms with Gasteiger partial charge in [-0.1, -0.05) is 39.0 Å². The highest BCUT2D eigenvalue weighted by molar-refractivity contribution is 6.34. The lowest BCUT2D eigenvalue weighted by Gasteiger charge is -2.33. The molecule has 122 valence electrons. The first-order valence-corrected chi connectivity index (χ1v) is 8.48. The van der Waals surface area contributed by atoms with Crippen LogP contribution in [0.15, 0.2) is 5.10 Å². The van der Waals surface area contributed by atoms with Crippen molar-refractivity contribution in [1.82, 2.24) is 5.01 Å². The quantitative estimate of drug-likeness (QED) is 0.412. The minimum Gasteiger partial charge on any atom is -0.361 e. The molecule has 0 aromatic rings. The van der Waals surface area contributed by atoms with Crippen molar-refractivity contribution < 1.29 is 14.3 Å². The lowest BCUT2D eigenvalue weighted by Crippen LogP contribution is -2.48.